The highest BCUT2D eigenvalue weighted by Crippen LogP contribution is 2.26. The number of benzene rings is 1. The van der Waals surface area contributed by atoms with Crippen LogP contribution in [0.5, 0.6) is 0 Å². The van der Waals surface area contributed by atoms with E-state index in [4.69, 9.17) is 10.2 Å². The van der Waals surface area contributed by atoms with Gasteiger partial charge in [-0.05, 0) is 17.7 Å². The fourth-order valence-corrected chi connectivity index (χ4v) is 2.62. The molecule has 23 heavy (non-hydrogen) atoms. The maximum absolute atomic E-state index is 8.77. The number of rotatable bonds is 11. The zero-order valence-corrected chi connectivity index (χ0v) is 13.6. The summed E-state index contributed by atoms with van der Waals surface area (Å²) < 4.78 is 0. The molecule has 1 aromatic carbocycles. The standard InChI is InChI=1S/C17H28N4O2/c22-12-8-18-5-6-20-17-3-1-2-15-14-21(10-4-16(15)17)11-7-19-9-13-23/h1-4,10,18-20,22-23H,5-9,11-14H2. The van der Waals surface area contributed by atoms with E-state index in [1.165, 1.54) is 11.1 Å². The van der Waals surface area contributed by atoms with Gasteiger partial charge in [-0.3, -0.25) is 0 Å². The molecule has 0 unspecified atom stereocenters. The lowest BCUT2D eigenvalue weighted by molar-refractivity contribution is 0.286. The molecule has 1 aromatic rings. The van der Waals surface area contributed by atoms with Gasteiger partial charge in [-0.1, -0.05) is 12.1 Å². The molecule has 6 heteroatoms. The van der Waals surface area contributed by atoms with Crippen LogP contribution in [0.2, 0.25) is 0 Å². The largest absolute Gasteiger partial charge is 0.395 e. The topological polar surface area (TPSA) is 79.8 Å². The Hall–Kier alpha value is -1.60. The molecule has 6 nitrogen and oxygen atoms in total. The Morgan fingerprint density at radius 2 is 1.74 bits per heavy atom. The van der Waals surface area contributed by atoms with Crippen LogP contribution in [0.25, 0.3) is 6.08 Å². The lowest BCUT2D eigenvalue weighted by Gasteiger charge is -2.27. The van der Waals surface area contributed by atoms with Gasteiger partial charge in [-0.25, -0.2) is 0 Å². The SMILES string of the molecule is OCCNCCNc1cccc2c1C=CN(CCNCCO)C2. The van der Waals surface area contributed by atoms with Crippen molar-refractivity contribution >= 4 is 11.8 Å². The van der Waals surface area contributed by atoms with Crippen LogP contribution in [-0.2, 0) is 6.54 Å². The zero-order chi connectivity index (χ0) is 16.3. The van der Waals surface area contributed by atoms with Gasteiger partial charge in [-0.15, -0.1) is 0 Å². The number of hydrogen-bond acceptors (Lipinski definition) is 6. The van der Waals surface area contributed by atoms with Crippen molar-refractivity contribution < 1.29 is 10.2 Å². The molecule has 0 aliphatic carbocycles. The summed E-state index contributed by atoms with van der Waals surface area (Å²) >= 11 is 0. The Morgan fingerprint density at radius 1 is 0.957 bits per heavy atom. The van der Waals surface area contributed by atoms with Crippen molar-refractivity contribution in [2.75, 3.05) is 57.8 Å². The Bertz CT molecular complexity index is 493. The normalized spacial score (nSPS) is 13.2. The van der Waals surface area contributed by atoms with E-state index < -0.39 is 0 Å². The summed E-state index contributed by atoms with van der Waals surface area (Å²) in [6, 6.07) is 6.36. The molecule has 0 aromatic heterocycles. The average Bonchev–Trinajstić information content (AvgIpc) is 2.58. The van der Waals surface area contributed by atoms with Crippen LogP contribution >= 0.6 is 0 Å². The molecular weight excluding hydrogens is 292 g/mol. The monoisotopic (exact) mass is 320 g/mol. The lowest BCUT2D eigenvalue weighted by atomic mass is 10.0. The van der Waals surface area contributed by atoms with E-state index in [2.05, 4.69) is 51.3 Å². The van der Waals surface area contributed by atoms with Crippen molar-refractivity contribution in [3.05, 3.63) is 35.5 Å². The molecular formula is C17H28N4O2. The van der Waals surface area contributed by atoms with Crippen molar-refractivity contribution in [3.63, 3.8) is 0 Å². The average molecular weight is 320 g/mol. The van der Waals surface area contributed by atoms with Crippen molar-refractivity contribution in [1.82, 2.24) is 15.5 Å². The van der Waals surface area contributed by atoms with E-state index in [1.807, 2.05) is 0 Å². The van der Waals surface area contributed by atoms with Gasteiger partial charge >= 0.3 is 0 Å². The third-order valence-electron chi connectivity index (χ3n) is 3.79. The highest BCUT2D eigenvalue weighted by Gasteiger charge is 2.12. The molecule has 1 aliphatic heterocycles. The molecule has 0 spiro atoms. The number of anilines is 1. The second kappa shape index (κ2) is 10.2. The maximum atomic E-state index is 8.77. The third kappa shape index (κ3) is 5.84. The number of nitrogens with one attached hydrogen (secondary N) is 3. The van der Waals surface area contributed by atoms with Crippen LogP contribution in [0, 0.1) is 0 Å². The van der Waals surface area contributed by atoms with Crippen LogP contribution in [0.4, 0.5) is 5.69 Å². The lowest BCUT2D eigenvalue weighted by Crippen LogP contribution is -2.31. The maximum Gasteiger partial charge on any atom is 0.0555 e. The molecule has 0 saturated carbocycles. The van der Waals surface area contributed by atoms with E-state index in [1.54, 1.807) is 0 Å². The molecule has 0 atom stereocenters. The molecule has 2 rings (SSSR count). The van der Waals surface area contributed by atoms with Gasteiger partial charge in [0.1, 0.15) is 0 Å². The molecule has 0 radical (unpaired) electrons. The fraction of sp³-hybridized carbons (Fsp3) is 0.529. The van der Waals surface area contributed by atoms with Gasteiger partial charge in [-0.2, -0.15) is 0 Å². The summed E-state index contributed by atoms with van der Waals surface area (Å²) in [4.78, 5) is 2.28. The van der Waals surface area contributed by atoms with Gasteiger partial charge in [0.05, 0.1) is 13.2 Å². The number of fused-ring (bicyclic) bond motifs is 1. The summed E-state index contributed by atoms with van der Waals surface area (Å²) in [5.74, 6) is 0. The first-order valence-electron chi connectivity index (χ1n) is 8.26. The Kier molecular flexibility index (Phi) is 7.89. The van der Waals surface area contributed by atoms with E-state index >= 15 is 0 Å². The molecule has 1 aliphatic rings. The first-order chi connectivity index (χ1) is 11.3. The first kappa shape index (κ1) is 17.7. The Morgan fingerprint density at radius 3 is 2.52 bits per heavy atom. The van der Waals surface area contributed by atoms with Crippen LogP contribution in [0.15, 0.2) is 24.4 Å². The molecule has 0 amide bonds. The number of aliphatic hydroxyl groups is 2. The minimum atomic E-state index is 0.173. The number of hydrogen-bond donors (Lipinski definition) is 5. The van der Waals surface area contributed by atoms with Gasteiger partial charge in [0.15, 0.2) is 0 Å². The number of aliphatic hydroxyl groups excluding tert-OH is 2. The van der Waals surface area contributed by atoms with Crippen LogP contribution in [-0.4, -0.2) is 67.6 Å². The summed E-state index contributed by atoms with van der Waals surface area (Å²) in [6.07, 6.45) is 4.30. The molecule has 5 N–H and O–H groups in total. The highest BCUT2D eigenvalue weighted by atomic mass is 16.3. The quantitative estimate of drug-likeness (QED) is 0.371. The molecule has 1 heterocycles. The van der Waals surface area contributed by atoms with Crippen molar-refractivity contribution in [1.29, 1.82) is 0 Å². The van der Waals surface area contributed by atoms with E-state index in [-0.39, 0.29) is 13.2 Å². The molecule has 0 fully saturated rings. The van der Waals surface area contributed by atoms with E-state index in [9.17, 15) is 0 Å². The Labute approximate surface area is 138 Å². The summed E-state index contributed by atoms with van der Waals surface area (Å²) in [5, 5.41) is 27.3. The van der Waals surface area contributed by atoms with Gasteiger partial charge in [0, 0.05) is 63.3 Å². The van der Waals surface area contributed by atoms with Gasteiger partial charge in [0.2, 0.25) is 0 Å². The van der Waals surface area contributed by atoms with E-state index in [0.29, 0.717) is 13.1 Å². The van der Waals surface area contributed by atoms with Gasteiger partial charge < -0.3 is 31.1 Å². The third-order valence-corrected chi connectivity index (χ3v) is 3.79. The van der Waals surface area contributed by atoms with Crippen molar-refractivity contribution in [3.8, 4) is 0 Å². The predicted octanol–water partition coefficient (Wildman–Crippen LogP) is 0.0486. The van der Waals surface area contributed by atoms with Crippen LogP contribution in [0.3, 0.4) is 0 Å². The fourth-order valence-electron chi connectivity index (χ4n) is 2.62. The molecule has 128 valence electrons. The smallest absolute Gasteiger partial charge is 0.0555 e. The summed E-state index contributed by atoms with van der Waals surface area (Å²) in [6.45, 7) is 6.00. The van der Waals surface area contributed by atoms with E-state index in [0.717, 1.165) is 38.4 Å². The van der Waals surface area contributed by atoms with Crippen molar-refractivity contribution in [2.24, 2.45) is 0 Å². The first-order valence-corrected chi connectivity index (χ1v) is 8.26. The Balaban J connectivity index is 1.84. The highest BCUT2D eigenvalue weighted by molar-refractivity contribution is 5.70. The van der Waals surface area contributed by atoms with Crippen molar-refractivity contribution in [2.45, 2.75) is 6.54 Å². The number of nitrogens with zero attached hydrogens (tertiary/aromatic N) is 1. The second-order valence-corrected chi connectivity index (χ2v) is 5.54. The summed E-state index contributed by atoms with van der Waals surface area (Å²) in [5.41, 5.74) is 3.74. The molecule has 0 bridgehead atoms. The minimum absolute atomic E-state index is 0.173. The predicted molar refractivity (Wildman–Crippen MR) is 94.3 cm³/mol. The minimum Gasteiger partial charge on any atom is -0.395 e. The van der Waals surface area contributed by atoms with Crippen LogP contribution < -0.4 is 16.0 Å². The van der Waals surface area contributed by atoms with Crippen LogP contribution in [0.1, 0.15) is 11.1 Å². The molecule has 0 saturated heterocycles. The second-order valence-electron chi connectivity index (χ2n) is 5.54. The summed E-state index contributed by atoms with van der Waals surface area (Å²) in [7, 11) is 0. The zero-order valence-electron chi connectivity index (χ0n) is 13.6. The van der Waals surface area contributed by atoms with Gasteiger partial charge in [0.25, 0.3) is 0 Å².